The molecule has 1 amide bonds. The number of benzene rings is 1. The molecule has 2 N–H and O–H groups in total. The van der Waals surface area contributed by atoms with Crippen LogP contribution in [0.3, 0.4) is 0 Å². The van der Waals surface area contributed by atoms with Crippen molar-refractivity contribution in [2.24, 2.45) is 0 Å². The fourth-order valence-electron chi connectivity index (χ4n) is 2.51. The van der Waals surface area contributed by atoms with Crippen LogP contribution in [0.4, 0.5) is 0 Å². The molecule has 0 atom stereocenters. The summed E-state index contributed by atoms with van der Waals surface area (Å²) in [5.74, 6) is -0.380. The van der Waals surface area contributed by atoms with Crippen molar-refractivity contribution in [1.29, 1.82) is 0 Å². The molecular formula is C14H16N2O3. The first-order valence-corrected chi connectivity index (χ1v) is 6.55. The second-order valence-electron chi connectivity index (χ2n) is 4.95. The van der Waals surface area contributed by atoms with Crippen LogP contribution in [0.2, 0.25) is 0 Å². The minimum Gasteiger partial charge on any atom is -0.457 e. The van der Waals surface area contributed by atoms with Crippen LogP contribution < -0.4 is 10.6 Å². The van der Waals surface area contributed by atoms with Gasteiger partial charge in [0.15, 0.2) is 0 Å². The van der Waals surface area contributed by atoms with Gasteiger partial charge in [0.1, 0.15) is 6.61 Å². The number of fused-ring (bicyclic) bond motifs is 1. The summed E-state index contributed by atoms with van der Waals surface area (Å²) in [6, 6.07) is 5.33. The molecule has 0 aromatic heterocycles. The lowest BCUT2D eigenvalue weighted by molar-refractivity contribution is 0.0535. The highest BCUT2D eigenvalue weighted by molar-refractivity contribution is 5.98. The van der Waals surface area contributed by atoms with E-state index in [4.69, 9.17) is 4.74 Å². The van der Waals surface area contributed by atoms with Crippen LogP contribution in [-0.4, -0.2) is 31.0 Å². The Hall–Kier alpha value is -1.88. The lowest BCUT2D eigenvalue weighted by Gasteiger charge is -2.23. The summed E-state index contributed by atoms with van der Waals surface area (Å²) in [7, 11) is 0. The Bertz CT molecular complexity index is 521. The van der Waals surface area contributed by atoms with Crippen LogP contribution in [0.15, 0.2) is 18.2 Å². The Balaban J connectivity index is 1.71. The van der Waals surface area contributed by atoms with E-state index in [0.717, 1.165) is 31.5 Å². The molecule has 1 aromatic rings. The van der Waals surface area contributed by atoms with E-state index in [1.807, 2.05) is 0 Å². The summed E-state index contributed by atoms with van der Waals surface area (Å²) in [5.41, 5.74) is 1.96. The molecule has 5 nitrogen and oxygen atoms in total. The Labute approximate surface area is 111 Å². The normalized spacial score (nSPS) is 18.8. The maximum atomic E-state index is 12.1. The average Bonchev–Trinajstić information content (AvgIpc) is 2.81. The summed E-state index contributed by atoms with van der Waals surface area (Å²) in [4.78, 5) is 23.5. The van der Waals surface area contributed by atoms with Crippen molar-refractivity contribution in [2.75, 3.05) is 13.1 Å². The molecule has 2 aliphatic rings. The first kappa shape index (κ1) is 12.2. The van der Waals surface area contributed by atoms with E-state index in [2.05, 4.69) is 10.6 Å². The lowest BCUT2D eigenvalue weighted by Crippen LogP contribution is -2.42. The summed E-state index contributed by atoms with van der Waals surface area (Å²) >= 11 is 0. The van der Waals surface area contributed by atoms with Crippen LogP contribution in [0.1, 0.15) is 39.1 Å². The maximum Gasteiger partial charge on any atom is 0.338 e. The standard InChI is InChI=1S/C14H16N2O3/c17-13(16-11-3-5-15-6-4-11)9-1-2-12-10(7-9)8-19-14(12)18/h1-2,7,11,15H,3-6,8H2,(H,16,17). The van der Waals surface area contributed by atoms with Crippen LogP contribution in [0, 0.1) is 0 Å². The third kappa shape index (κ3) is 2.46. The topological polar surface area (TPSA) is 67.4 Å². The minimum atomic E-state index is -0.305. The predicted molar refractivity (Wildman–Crippen MR) is 68.9 cm³/mol. The van der Waals surface area contributed by atoms with Gasteiger partial charge in [-0.25, -0.2) is 4.79 Å². The molecule has 0 aliphatic carbocycles. The number of cyclic esters (lactones) is 1. The van der Waals surface area contributed by atoms with Crippen molar-refractivity contribution in [1.82, 2.24) is 10.6 Å². The van der Waals surface area contributed by atoms with Gasteiger partial charge in [-0.3, -0.25) is 4.79 Å². The molecule has 100 valence electrons. The van der Waals surface area contributed by atoms with E-state index in [1.165, 1.54) is 0 Å². The molecule has 0 bridgehead atoms. The lowest BCUT2D eigenvalue weighted by atomic mass is 10.0. The zero-order valence-electron chi connectivity index (χ0n) is 10.6. The number of carbonyl (C=O) groups excluding carboxylic acids is 2. The number of rotatable bonds is 2. The monoisotopic (exact) mass is 260 g/mol. The molecule has 1 aromatic carbocycles. The highest BCUT2D eigenvalue weighted by Crippen LogP contribution is 2.21. The van der Waals surface area contributed by atoms with Gasteiger partial charge < -0.3 is 15.4 Å². The van der Waals surface area contributed by atoms with E-state index in [9.17, 15) is 9.59 Å². The van der Waals surface area contributed by atoms with E-state index in [1.54, 1.807) is 18.2 Å². The Morgan fingerprint density at radius 1 is 1.32 bits per heavy atom. The minimum absolute atomic E-state index is 0.0750. The van der Waals surface area contributed by atoms with Crippen molar-refractivity contribution in [3.8, 4) is 0 Å². The number of esters is 1. The van der Waals surface area contributed by atoms with Gasteiger partial charge in [0, 0.05) is 17.2 Å². The van der Waals surface area contributed by atoms with Gasteiger partial charge in [-0.05, 0) is 44.1 Å². The van der Waals surface area contributed by atoms with Crippen LogP contribution in [-0.2, 0) is 11.3 Å². The summed E-state index contributed by atoms with van der Waals surface area (Å²) in [6.45, 7) is 2.15. The predicted octanol–water partition coefficient (Wildman–Crippen LogP) is 0.839. The zero-order chi connectivity index (χ0) is 13.2. The van der Waals surface area contributed by atoms with Crippen molar-refractivity contribution in [2.45, 2.75) is 25.5 Å². The fraction of sp³-hybridized carbons (Fsp3) is 0.429. The summed E-state index contributed by atoms with van der Waals surface area (Å²) in [5, 5.41) is 6.29. The number of hydrogen-bond donors (Lipinski definition) is 2. The Morgan fingerprint density at radius 3 is 2.89 bits per heavy atom. The van der Waals surface area contributed by atoms with E-state index in [0.29, 0.717) is 11.1 Å². The molecule has 0 saturated carbocycles. The molecule has 0 spiro atoms. The number of ether oxygens (including phenoxy) is 1. The fourth-order valence-corrected chi connectivity index (χ4v) is 2.51. The van der Waals surface area contributed by atoms with Crippen molar-refractivity contribution < 1.29 is 14.3 Å². The Kier molecular flexibility index (Phi) is 3.21. The van der Waals surface area contributed by atoms with Gasteiger partial charge in [0.25, 0.3) is 5.91 Å². The van der Waals surface area contributed by atoms with E-state index in [-0.39, 0.29) is 24.5 Å². The number of nitrogens with one attached hydrogen (secondary N) is 2. The van der Waals surface area contributed by atoms with Crippen LogP contribution in [0.5, 0.6) is 0 Å². The van der Waals surface area contributed by atoms with Gasteiger partial charge in [0.2, 0.25) is 0 Å². The molecular weight excluding hydrogens is 244 g/mol. The first-order valence-electron chi connectivity index (χ1n) is 6.55. The number of piperidine rings is 1. The molecule has 5 heteroatoms. The molecule has 3 rings (SSSR count). The molecule has 1 fully saturated rings. The molecule has 2 aliphatic heterocycles. The highest BCUT2D eigenvalue weighted by atomic mass is 16.5. The zero-order valence-corrected chi connectivity index (χ0v) is 10.6. The van der Waals surface area contributed by atoms with Crippen molar-refractivity contribution in [3.63, 3.8) is 0 Å². The van der Waals surface area contributed by atoms with Gasteiger partial charge in [-0.15, -0.1) is 0 Å². The van der Waals surface area contributed by atoms with Gasteiger partial charge in [-0.1, -0.05) is 0 Å². The molecule has 0 radical (unpaired) electrons. The van der Waals surface area contributed by atoms with E-state index < -0.39 is 0 Å². The SMILES string of the molecule is O=C(NC1CCNCC1)c1ccc2c(c1)COC2=O. The number of hydrogen-bond acceptors (Lipinski definition) is 4. The van der Waals surface area contributed by atoms with Crippen molar-refractivity contribution >= 4 is 11.9 Å². The largest absolute Gasteiger partial charge is 0.457 e. The van der Waals surface area contributed by atoms with Crippen molar-refractivity contribution in [3.05, 3.63) is 34.9 Å². The molecule has 0 unspecified atom stereocenters. The quantitative estimate of drug-likeness (QED) is 0.773. The highest BCUT2D eigenvalue weighted by Gasteiger charge is 2.23. The first-order chi connectivity index (χ1) is 9.24. The second kappa shape index (κ2) is 5.01. The number of amides is 1. The smallest absolute Gasteiger partial charge is 0.338 e. The van der Waals surface area contributed by atoms with E-state index >= 15 is 0 Å². The summed E-state index contributed by atoms with van der Waals surface area (Å²) < 4.78 is 4.93. The van der Waals surface area contributed by atoms with Crippen LogP contribution in [0.25, 0.3) is 0 Å². The summed E-state index contributed by atoms with van der Waals surface area (Å²) in [6.07, 6.45) is 1.91. The van der Waals surface area contributed by atoms with Crippen LogP contribution >= 0.6 is 0 Å². The maximum absolute atomic E-state index is 12.1. The van der Waals surface area contributed by atoms with Gasteiger partial charge >= 0.3 is 5.97 Å². The Morgan fingerprint density at radius 2 is 2.11 bits per heavy atom. The molecule has 19 heavy (non-hydrogen) atoms. The third-order valence-electron chi connectivity index (χ3n) is 3.62. The average molecular weight is 260 g/mol. The second-order valence-corrected chi connectivity index (χ2v) is 4.95. The third-order valence-corrected chi connectivity index (χ3v) is 3.62. The molecule has 1 saturated heterocycles. The van der Waals surface area contributed by atoms with Gasteiger partial charge in [0.05, 0.1) is 5.56 Å². The van der Waals surface area contributed by atoms with Gasteiger partial charge in [-0.2, -0.15) is 0 Å². The molecule has 2 heterocycles. The number of carbonyl (C=O) groups is 2.